The molecule has 0 aliphatic carbocycles. The molecule has 1 aliphatic rings. The zero-order chi connectivity index (χ0) is 14.0. The number of ether oxygens (including phenoxy) is 1. The van der Waals surface area contributed by atoms with Gasteiger partial charge < -0.3 is 4.74 Å². The van der Waals surface area contributed by atoms with Crippen LogP contribution in [0.5, 0.6) is 0 Å². The molecule has 0 radical (unpaired) electrons. The SMILES string of the molecule is Cc1ccc(S(=O)(=O)N(C)C[C@@H]2CCOC2)cc1F. The van der Waals surface area contributed by atoms with Gasteiger partial charge >= 0.3 is 0 Å². The lowest BCUT2D eigenvalue weighted by Gasteiger charge is -2.20. The molecule has 0 unspecified atom stereocenters. The molecule has 1 fully saturated rings. The molecule has 6 heteroatoms. The molecule has 19 heavy (non-hydrogen) atoms. The van der Waals surface area contributed by atoms with Crippen LogP contribution in [0.3, 0.4) is 0 Å². The molecule has 1 atom stereocenters. The van der Waals surface area contributed by atoms with E-state index in [9.17, 15) is 12.8 Å². The van der Waals surface area contributed by atoms with Gasteiger partial charge in [-0.1, -0.05) is 6.07 Å². The fraction of sp³-hybridized carbons (Fsp3) is 0.538. The predicted molar refractivity (Wildman–Crippen MR) is 69.9 cm³/mol. The standard InChI is InChI=1S/C13H18FNO3S/c1-10-3-4-12(7-13(10)14)19(16,17)15(2)8-11-5-6-18-9-11/h3-4,7,11H,5-6,8-9H2,1-2H3/t11-/m0/s1. The quantitative estimate of drug-likeness (QED) is 0.848. The lowest BCUT2D eigenvalue weighted by molar-refractivity contribution is 0.182. The summed E-state index contributed by atoms with van der Waals surface area (Å²) in [5, 5.41) is 0. The summed E-state index contributed by atoms with van der Waals surface area (Å²) in [7, 11) is -2.11. The van der Waals surface area contributed by atoms with Gasteiger partial charge in [0, 0.05) is 20.2 Å². The molecule has 1 heterocycles. The smallest absolute Gasteiger partial charge is 0.242 e. The van der Waals surface area contributed by atoms with Gasteiger partial charge in [-0.05, 0) is 37.0 Å². The average molecular weight is 287 g/mol. The van der Waals surface area contributed by atoms with Gasteiger partial charge in [0.2, 0.25) is 10.0 Å². The number of benzene rings is 1. The second-order valence-corrected chi connectivity index (χ2v) is 6.97. The largest absolute Gasteiger partial charge is 0.381 e. The Morgan fingerprint density at radius 3 is 2.79 bits per heavy atom. The van der Waals surface area contributed by atoms with Crippen molar-refractivity contribution in [1.29, 1.82) is 0 Å². The fourth-order valence-corrected chi connectivity index (χ4v) is 3.36. The van der Waals surface area contributed by atoms with Crippen LogP contribution in [0.2, 0.25) is 0 Å². The first-order valence-corrected chi connectivity index (χ1v) is 7.65. The van der Waals surface area contributed by atoms with Crippen molar-refractivity contribution in [2.24, 2.45) is 5.92 Å². The van der Waals surface area contributed by atoms with E-state index in [4.69, 9.17) is 4.74 Å². The summed E-state index contributed by atoms with van der Waals surface area (Å²) in [6.07, 6.45) is 0.863. The van der Waals surface area contributed by atoms with Crippen LogP contribution in [-0.2, 0) is 14.8 Å². The van der Waals surface area contributed by atoms with Gasteiger partial charge in [-0.3, -0.25) is 0 Å². The Labute approximate surface area is 113 Å². The number of sulfonamides is 1. The monoisotopic (exact) mass is 287 g/mol. The number of aryl methyl sites for hydroxylation is 1. The number of hydrogen-bond acceptors (Lipinski definition) is 3. The molecule has 106 valence electrons. The van der Waals surface area contributed by atoms with Crippen molar-refractivity contribution in [2.75, 3.05) is 26.8 Å². The highest BCUT2D eigenvalue weighted by Gasteiger charge is 2.26. The highest BCUT2D eigenvalue weighted by molar-refractivity contribution is 7.89. The van der Waals surface area contributed by atoms with Crippen molar-refractivity contribution in [2.45, 2.75) is 18.2 Å². The molecule has 2 rings (SSSR count). The maximum Gasteiger partial charge on any atom is 0.242 e. The summed E-state index contributed by atoms with van der Waals surface area (Å²) in [5.74, 6) is -0.284. The first kappa shape index (κ1) is 14.4. The topological polar surface area (TPSA) is 46.6 Å². The van der Waals surface area contributed by atoms with Gasteiger partial charge in [-0.15, -0.1) is 0 Å². The van der Waals surface area contributed by atoms with Gasteiger partial charge in [-0.25, -0.2) is 17.1 Å². The highest BCUT2D eigenvalue weighted by atomic mass is 32.2. The highest BCUT2D eigenvalue weighted by Crippen LogP contribution is 2.21. The molecular formula is C13H18FNO3S. The first-order chi connectivity index (χ1) is 8.91. The predicted octanol–water partition coefficient (Wildman–Crippen LogP) is 1.79. The van der Waals surface area contributed by atoms with Crippen LogP contribution < -0.4 is 0 Å². The molecular weight excluding hydrogens is 269 g/mol. The second-order valence-electron chi connectivity index (χ2n) is 4.93. The Balaban J connectivity index is 2.18. The molecule has 1 aromatic rings. The Morgan fingerprint density at radius 1 is 1.47 bits per heavy atom. The van der Waals surface area contributed by atoms with E-state index >= 15 is 0 Å². The Morgan fingerprint density at radius 2 is 2.21 bits per heavy atom. The van der Waals surface area contributed by atoms with Crippen LogP contribution >= 0.6 is 0 Å². The maximum atomic E-state index is 13.5. The summed E-state index contributed by atoms with van der Waals surface area (Å²) in [6, 6.07) is 4.00. The van der Waals surface area contributed by atoms with E-state index in [0.717, 1.165) is 12.5 Å². The van der Waals surface area contributed by atoms with Gasteiger partial charge in [0.05, 0.1) is 11.5 Å². The van der Waals surface area contributed by atoms with E-state index in [-0.39, 0.29) is 10.8 Å². The molecule has 0 spiro atoms. The molecule has 0 bridgehead atoms. The van der Waals surface area contributed by atoms with Crippen LogP contribution in [0.1, 0.15) is 12.0 Å². The van der Waals surface area contributed by atoms with Crippen molar-refractivity contribution < 1.29 is 17.5 Å². The third-order valence-electron chi connectivity index (χ3n) is 3.39. The lowest BCUT2D eigenvalue weighted by Crippen LogP contribution is -2.32. The van der Waals surface area contributed by atoms with Crippen LogP contribution in [0.25, 0.3) is 0 Å². The van der Waals surface area contributed by atoms with Crippen LogP contribution in [0, 0.1) is 18.7 Å². The Bertz CT molecular complexity index is 553. The minimum absolute atomic E-state index is 0.00276. The van der Waals surface area contributed by atoms with E-state index in [2.05, 4.69) is 0 Å². The van der Waals surface area contributed by atoms with Gasteiger partial charge in [0.15, 0.2) is 0 Å². The summed E-state index contributed by atoms with van der Waals surface area (Å²) in [5.41, 5.74) is 0.436. The summed E-state index contributed by atoms with van der Waals surface area (Å²) in [6.45, 7) is 3.27. The number of nitrogens with zero attached hydrogens (tertiary/aromatic N) is 1. The van der Waals surface area contributed by atoms with E-state index in [0.29, 0.717) is 25.3 Å². The number of hydrogen-bond donors (Lipinski definition) is 0. The lowest BCUT2D eigenvalue weighted by atomic mass is 10.1. The van der Waals surface area contributed by atoms with Crippen molar-refractivity contribution in [3.8, 4) is 0 Å². The molecule has 1 aromatic carbocycles. The van der Waals surface area contributed by atoms with E-state index in [1.807, 2.05) is 0 Å². The molecule has 1 aliphatic heterocycles. The zero-order valence-electron chi connectivity index (χ0n) is 11.1. The molecule has 0 amide bonds. The first-order valence-electron chi connectivity index (χ1n) is 6.21. The van der Waals surface area contributed by atoms with E-state index in [1.54, 1.807) is 6.92 Å². The summed E-state index contributed by atoms with van der Waals surface area (Å²) < 4.78 is 44.6. The third kappa shape index (κ3) is 3.13. The van der Waals surface area contributed by atoms with Crippen LogP contribution in [0.4, 0.5) is 4.39 Å². The minimum Gasteiger partial charge on any atom is -0.381 e. The Kier molecular flexibility index (Phi) is 4.23. The molecule has 0 aromatic heterocycles. The van der Waals surface area contributed by atoms with Gasteiger partial charge in [-0.2, -0.15) is 0 Å². The van der Waals surface area contributed by atoms with Crippen LogP contribution in [-0.4, -0.2) is 39.5 Å². The fourth-order valence-electron chi connectivity index (χ4n) is 2.10. The van der Waals surface area contributed by atoms with Gasteiger partial charge in [0.25, 0.3) is 0 Å². The molecule has 1 saturated heterocycles. The third-order valence-corrected chi connectivity index (χ3v) is 5.21. The van der Waals surface area contributed by atoms with Crippen LogP contribution in [0.15, 0.2) is 23.1 Å². The molecule has 0 saturated carbocycles. The summed E-state index contributed by atoms with van der Waals surface area (Å²) in [4.78, 5) is -0.00276. The van der Waals surface area contributed by atoms with E-state index in [1.165, 1.54) is 23.5 Å². The van der Waals surface area contributed by atoms with Crippen molar-refractivity contribution >= 4 is 10.0 Å². The van der Waals surface area contributed by atoms with Crippen molar-refractivity contribution in [1.82, 2.24) is 4.31 Å². The minimum atomic E-state index is -3.63. The molecule has 0 N–H and O–H groups in total. The normalized spacial score (nSPS) is 20.1. The van der Waals surface area contributed by atoms with Gasteiger partial charge in [0.1, 0.15) is 5.82 Å². The maximum absolute atomic E-state index is 13.5. The number of halogens is 1. The second kappa shape index (κ2) is 5.56. The average Bonchev–Trinajstić information content (AvgIpc) is 2.85. The van der Waals surface area contributed by atoms with E-state index < -0.39 is 15.8 Å². The summed E-state index contributed by atoms with van der Waals surface area (Å²) >= 11 is 0. The number of rotatable bonds is 4. The van der Waals surface area contributed by atoms with Crippen molar-refractivity contribution in [3.05, 3.63) is 29.6 Å². The zero-order valence-corrected chi connectivity index (χ0v) is 11.9. The van der Waals surface area contributed by atoms with Crippen molar-refractivity contribution in [3.63, 3.8) is 0 Å². The molecule has 4 nitrogen and oxygen atoms in total. The Hall–Kier alpha value is -0.980.